The molecular weight excluding hydrogens is 418 g/mol. The van der Waals surface area contributed by atoms with Gasteiger partial charge >= 0.3 is 0 Å². The first kappa shape index (κ1) is 22.3. The van der Waals surface area contributed by atoms with Gasteiger partial charge in [-0.15, -0.1) is 0 Å². The van der Waals surface area contributed by atoms with Crippen molar-refractivity contribution in [2.24, 2.45) is 0 Å². The van der Waals surface area contributed by atoms with Crippen molar-refractivity contribution in [3.63, 3.8) is 0 Å². The molecule has 0 saturated carbocycles. The first-order valence-electron chi connectivity index (χ1n) is 11.1. The predicted octanol–water partition coefficient (Wildman–Crippen LogP) is 2.59. The molecule has 0 bridgehead atoms. The lowest BCUT2D eigenvalue weighted by Gasteiger charge is -2.26. The van der Waals surface area contributed by atoms with E-state index in [1.807, 2.05) is 0 Å². The molecule has 4 N–H and O–H groups in total. The summed E-state index contributed by atoms with van der Waals surface area (Å²) in [7, 11) is 0. The first-order valence-corrected chi connectivity index (χ1v) is 11.1. The van der Waals surface area contributed by atoms with Crippen molar-refractivity contribution in [2.45, 2.75) is 19.3 Å². The molecule has 1 fully saturated rings. The fourth-order valence-electron chi connectivity index (χ4n) is 3.72. The monoisotopic (exact) mass is 445 g/mol. The van der Waals surface area contributed by atoms with E-state index in [0.717, 1.165) is 25.2 Å². The second-order valence-corrected chi connectivity index (χ2v) is 7.89. The number of carbonyl (C=O) groups excluding carboxylic acids is 2. The number of rotatable bonds is 7. The van der Waals surface area contributed by atoms with E-state index in [-0.39, 0.29) is 17.4 Å². The summed E-state index contributed by atoms with van der Waals surface area (Å²) in [5, 5.41) is 5.63. The summed E-state index contributed by atoms with van der Waals surface area (Å²) in [6.07, 6.45) is 6.84. The molecule has 2 amide bonds. The molecule has 0 radical (unpaired) electrons. The molecule has 9 heteroatoms. The lowest BCUT2D eigenvalue weighted by atomic mass is 10.1. The van der Waals surface area contributed by atoms with Crippen molar-refractivity contribution in [3.8, 4) is 11.3 Å². The van der Waals surface area contributed by atoms with E-state index in [2.05, 4.69) is 30.5 Å². The molecule has 33 heavy (non-hydrogen) atoms. The van der Waals surface area contributed by atoms with Crippen molar-refractivity contribution in [1.82, 2.24) is 25.2 Å². The summed E-state index contributed by atoms with van der Waals surface area (Å²) in [5.74, 6) is -0.190. The summed E-state index contributed by atoms with van der Waals surface area (Å²) in [6.45, 7) is 3.71. The van der Waals surface area contributed by atoms with E-state index in [4.69, 9.17) is 5.73 Å². The van der Waals surface area contributed by atoms with Crippen LogP contribution in [0.4, 0.5) is 11.6 Å². The molecule has 0 unspecified atom stereocenters. The highest BCUT2D eigenvalue weighted by molar-refractivity contribution is 6.05. The van der Waals surface area contributed by atoms with Gasteiger partial charge in [-0.05, 0) is 50.2 Å². The minimum absolute atomic E-state index is 0.0117. The normalized spacial score (nSPS) is 13.9. The Morgan fingerprint density at radius 2 is 1.76 bits per heavy atom. The van der Waals surface area contributed by atoms with Crippen LogP contribution in [0, 0.1) is 0 Å². The number of aromatic nitrogens is 3. The Bertz CT molecular complexity index is 1100. The maximum absolute atomic E-state index is 12.6. The molecule has 4 rings (SSSR count). The average Bonchev–Trinajstić information content (AvgIpc) is 2.85. The predicted molar refractivity (Wildman–Crippen MR) is 127 cm³/mol. The first-order chi connectivity index (χ1) is 16.1. The highest BCUT2D eigenvalue weighted by atomic mass is 16.2. The summed E-state index contributed by atoms with van der Waals surface area (Å²) in [5.41, 5.74) is 7.65. The van der Waals surface area contributed by atoms with Gasteiger partial charge in [0.25, 0.3) is 11.8 Å². The van der Waals surface area contributed by atoms with Gasteiger partial charge < -0.3 is 21.3 Å². The fraction of sp³-hybridized carbons (Fsp3) is 0.292. The van der Waals surface area contributed by atoms with Crippen molar-refractivity contribution in [1.29, 1.82) is 0 Å². The van der Waals surface area contributed by atoms with Gasteiger partial charge in [0.05, 0.1) is 11.9 Å². The Morgan fingerprint density at radius 3 is 2.48 bits per heavy atom. The third-order valence-corrected chi connectivity index (χ3v) is 5.53. The molecule has 1 aromatic carbocycles. The van der Waals surface area contributed by atoms with Gasteiger partial charge in [-0.3, -0.25) is 9.59 Å². The summed E-state index contributed by atoms with van der Waals surface area (Å²) < 4.78 is 0. The van der Waals surface area contributed by atoms with E-state index in [9.17, 15) is 9.59 Å². The van der Waals surface area contributed by atoms with Crippen LogP contribution >= 0.6 is 0 Å². The number of likely N-dealkylation sites (tertiary alicyclic amines) is 1. The zero-order valence-electron chi connectivity index (χ0n) is 18.3. The zero-order chi connectivity index (χ0) is 23.0. The van der Waals surface area contributed by atoms with Gasteiger partial charge in [0.2, 0.25) is 0 Å². The molecule has 170 valence electrons. The summed E-state index contributed by atoms with van der Waals surface area (Å²) >= 11 is 0. The molecular formula is C24H27N7O2. The fourth-order valence-corrected chi connectivity index (χ4v) is 3.72. The van der Waals surface area contributed by atoms with Gasteiger partial charge in [0, 0.05) is 30.4 Å². The van der Waals surface area contributed by atoms with Crippen LogP contribution in [-0.4, -0.2) is 57.8 Å². The van der Waals surface area contributed by atoms with Crippen LogP contribution in [-0.2, 0) is 0 Å². The van der Waals surface area contributed by atoms with Gasteiger partial charge in [-0.2, -0.15) is 0 Å². The van der Waals surface area contributed by atoms with Crippen molar-refractivity contribution in [3.05, 3.63) is 66.1 Å². The second-order valence-electron chi connectivity index (χ2n) is 7.89. The van der Waals surface area contributed by atoms with E-state index < -0.39 is 5.91 Å². The molecule has 1 aliphatic rings. The van der Waals surface area contributed by atoms with E-state index in [1.54, 1.807) is 48.7 Å². The van der Waals surface area contributed by atoms with Crippen LogP contribution < -0.4 is 16.4 Å². The second kappa shape index (κ2) is 10.6. The van der Waals surface area contributed by atoms with Crippen molar-refractivity contribution < 1.29 is 9.59 Å². The zero-order valence-corrected chi connectivity index (χ0v) is 18.3. The number of hydrogen-bond donors (Lipinski definition) is 3. The molecule has 0 aliphatic carbocycles. The number of anilines is 2. The molecule has 1 saturated heterocycles. The number of nitrogen functional groups attached to an aromatic ring is 1. The number of piperidine rings is 1. The lowest BCUT2D eigenvalue weighted by Crippen LogP contribution is -2.37. The quantitative estimate of drug-likeness (QED) is 0.510. The van der Waals surface area contributed by atoms with E-state index >= 15 is 0 Å². The number of pyridine rings is 1. The minimum atomic E-state index is -0.495. The number of nitrogens with two attached hydrogens (primary N) is 1. The van der Waals surface area contributed by atoms with Gasteiger partial charge in [0.1, 0.15) is 5.82 Å². The molecule has 0 spiro atoms. The number of carbonyl (C=O) groups is 2. The smallest absolute Gasteiger partial charge is 0.279 e. The number of nitrogens with one attached hydrogen (secondary N) is 2. The maximum Gasteiger partial charge on any atom is 0.279 e. The Labute approximate surface area is 192 Å². The Kier molecular flexibility index (Phi) is 7.21. The SMILES string of the molecule is Nc1ncc(-c2ccc(C(=O)NCCN3CCCCC3)cc2)nc1C(=O)Nc1ccccn1. The average molecular weight is 446 g/mol. The summed E-state index contributed by atoms with van der Waals surface area (Å²) in [4.78, 5) is 40.0. The van der Waals surface area contributed by atoms with E-state index in [1.165, 1.54) is 25.5 Å². The largest absolute Gasteiger partial charge is 0.382 e. The molecule has 9 nitrogen and oxygen atoms in total. The Hall–Kier alpha value is -3.85. The highest BCUT2D eigenvalue weighted by Gasteiger charge is 2.16. The third-order valence-electron chi connectivity index (χ3n) is 5.53. The van der Waals surface area contributed by atoms with Gasteiger partial charge in [-0.25, -0.2) is 15.0 Å². The van der Waals surface area contributed by atoms with Gasteiger partial charge in [-0.1, -0.05) is 24.6 Å². The minimum Gasteiger partial charge on any atom is -0.382 e. The molecule has 1 aliphatic heterocycles. The van der Waals surface area contributed by atoms with E-state index in [0.29, 0.717) is 23.6 Å². The number of nitrogens with zero attached hydrogens (tertiary/aromatic N) is 4. The van der Waals surface area contributed by atoms with Crippen LogP contribution in [0.3, 0.4) is 0 Å². The van der Waals surface area contributed by atoms with Gasteiger partial charge in [0.15, 0.2) is 11.5 Å². The lowest BCUT2D eigenvalue weighted by molar-refractivity contribution is 0.0945. The highest BCUT2D eigenvalue weighted by Crippen LogP contribution is 2.20. The number of hydrogen-bond acceptors (Lipinski definition) is 7. The number of amides is 2. The molecule has 2 aromatic heterocycles. The van der Waals surface area contributed by atoms with Crippen LogP contribution in [0.2, 0.25) is 0 Å². The third kappa shape index (κ3) is 5.89. The van der Waals surface area contributed by atoms with Crippen molar-refractivity contribution >= 4 is 23.5 Å². The molecule has 0 atom stereocenters. The summed E-state index contributed by atoms with van der Waals surface area (Å²) in [6, 6.07) is 12.2. The van der Waals surface area contributed by atoms with Crippen LogP contribution in [0.15, 0.2) is 54.9 Å². The Morgan fingerprint density at radius 1 is 0.970 bits per heavy atom. The maximum atomic E-state index is 12.6. The van der Waals surface area contributed by atoms with Crippen molar-refractivity contribution in [2.75, 3.05) is 37.2 Å². The molecule has 3 aromatic rings. The van der Waals surface area contributed by atoms with Crippen LogP contribution in [0.1, 0.15) is 40.1 Å². The number of benzene rings is 1. The standard InChI is InChI=1S/C24H27N7O2/c25-22-21(24(33)30-20-6-2-3-11-26-20)29-19(16-28-22)17-7-9-18(10-8-17)23(32)27-12-15-31-13-4-1-5-14-31/h2-3,6-11,16H,1,4-5,12-15H2,(H2,25,28)(H,27,32)(H,26,30,33). The Balaban J connectivity index is 1.39. The topological polar surface area (TPSA) is 126 Å². The molecule has 3 heterocycles. The van der Waals surface area contributed by atoms with Crippen LogP contribution in [0.25, 0.3) is 11.3 Å². The van der Waals surface area contributed by atoms with Crippen LogP contribution in [0.5, 0.6) is 0 Å².